The highest BCUT2D eigenvalue weighted by Gasteiger charge is 2.32. The Morgan fingerprint density at radius 1 is 1.14 bits per heavy atom. The number of aryl methyl sites for hydroxylation is 1. The molecule has 1 aromatic carbocycles. The summed E-state index contributed by atoms with van der Waals surface area (Å²) in [5, 5.41) is 13.6. The average molecular weight is 499 g/mol. The molecule has 3 heterocycles. The first kappa shape index (κ1) is 24.6. The van der Waals surface area contributed by atoms with Gasteiger partial charge in [-0.15, -0.1) is 0 Å². The number of benzene rings is 1. The van der Waals surface area contributed by atoms with Crippen molar-refractivity contribution >= 4 is 32.8 Å². The first-order chi connectivity index (χ1) is 16.7. The molecule has 0 spiro atoms. The summed E-state index contributed by atoms with van der Waals surface area (Å²) in [5.74, 6) is -1.64. The number of carbonyl (C=O) groups excluding carboxylic acids is 2. The van der Waals surface area contributed by atoms with Gasteiger partial charge in [-0.25, -0.2) is 18.4 Å². The van der Waals surface area contributed by atoms with Crippen molar-refractivity contribution in [1.29, 1.82) is 0 Å². The van der Waals surface area contributed by atoms with Gasteiger partial charge in [0.15, 0.2) is 10.7 Å². The lowest BCUT2D eigenvalue weighted by Crippen LogP contribution is -2.38. The van der Waals surface area contributed by atoms with E-state index in [0.717, 1.165) is 10.9 Å². The Kier molecular flexibility index (Phi) is 6.99. The van der Waals surface area contributed by atoms with Crippen LogP contribution in [0.1, 0.15) is 40.5 Å². The summed E-state index contributed by atoms with van der Waals surface area (Å²) in [6, 6.07) is 12.1. The molecule has 0 unspecified atom stereocenters. The van der Waals surface area contributed by atoms with Crippen molar-refractivity contribution in [3.63, 3.8) is 0 Å². The fourth-order valence-corrected chi connectivity index (χ4v) is 5.64. The minimum atomic E-state index is -3.74. The fraction of sp³-hybridized carbons (Fsp3) is 0.333. The molecule has 4 rings (SSSR count). The van der Waals surface area contributed by atoms with Gasteiger partial charge in [0, 0.05) is 24.2 Å². The number of nitrogens with one attached hydrogen (secondary N) is 1. The lowest BCUT2D eigenvalue weighted by molar-refractivity contribution is -0.139. The maximum absolute atomic E-state index is 13.2. The van der Waals surface area contributed by atoms with E-state index in [2.05, 4.69) is 20.0 Å². The molecule has 2 aromatic heterocycles. The van der Waals surface area contributed by atoms with Gasteiger partial charge in [-0.05, 0) is 55.5 Å². The lowest BCUT2D eigenvalue weighted by atomic mass is 9.89. The molecule has 184 valence electrons. The zero-order valence-electron chi connectivity index (χ0n) is 19.4. The quantitative estimate of drug-likeness (QED) is 0.493. The zero-order valence-corrected chi connectivity index (χ0v) is 20.2. The smallest absolute Gasteiger partial charge is 0.325 e. The average Bonchev–Trinajstić information content (AvgIpc) is 2.87. The highest BCUT2D eigenvalue weighted by atomic mass is 32.2. The second-order valence-electron chi connectivity index (χ2n) is 8.31. The molecule has 11 heteroatoms. The SMILES string of the molecule is COC(=O)CNC(=O)c1nc(C)c(C2CCN(S(=O)(=O)c3ccc4ccccc4n3)CC2)cc1O. The maximum atomic E-state index is 13.2. The second-order valence-corrected chi connectivity index (χ2v) is 10.2. The van der Waals surface area contributed by atoms with Gasteiger partial charge in [-0.3, -0.25) is 9.59 Å². The number of aromatic hydroxyl groups is 1. The molecule has 0 aliphatic carbocycles. The van der Waals surface area contributed by atoms with E-state index in [1.807, 2.05) is 18.2 Å². The molecule has 10 nitrogen and oxygen atoms in total. The van der Waals surface area contributed by atoms with Gasteiger partial charge in [-0.1, -0.05) is 18.2 Å². The van der Waals surface area contributed by atoms with Gasteiger partial charge in [0.1, 0.15) is 12.3 Å². The Labute approximate surface area is 203 Å². The number of ether oxygens (including phenoxy) is 1. The summed E-state index contributed by atoms with van der Waals surface area (Å²) < 4.78 is 32.3. The van der Waals surface area contributed by atoms with Crippen LogP contribution in [0.25, 0.3) is 10.9 Å². The number of methoxy groups -OCH3 is 1. The first-order valence-corrected chi connectivity index (χ1v) is 12.6. The Bertz CT molecular complexity index is 1380. The van der Waals surface area contributed by atoms with E-state index in [0.29, 0.717) is 37.1 Å². The molecule has 2 N–H and O–H groups in total. The number of hydrogen-bond acceptors (Lipinski definition) is 8. The van der Waals surface area contributed by atoms with Gasteiger partial charge >= 0.3 is 5.97 Å². The number of fused-ring (bicyclic) bond motifs is 1. The summed E-state index contributed by atoms with van der Waals surface area (Å²) in [4.78, 5) is 32.1. The normalized spacial score (nSPS) is 15.1. The molecule has 35 heavy (non-hydrogen) atoms. The number of carbonyl (C=O) groups is 2. The van der Waals surface area contributed by atoms with Crippen LogP contribution >= 0.6 is 0 Å². The molecule has 1 fully saturated rings. The lowest BCUT2D eigenvalue weighted by Gasteiger charge is -2.31. The number of amides is 1. The Morgan fingerprint density at radius 2 is 1.86 bits per heavy atom. The fourth-order valence-electron chi connectivity index (χ4n) is 4.23. The Hall–Kier alpha value is -3.57. The maximum Gasteiger partial charge on any atom is 0.325 e. The van der Waals surface area contributed by atoms with E-state index >= 15 is 0 Å². The number of para-hydroxylation sites is 1. The number of pyridine rings is 2. The van der Waals surface area contributed by atoms with Crippen LogP contribution in [0.3, 0.4) is 0 Å². The molecular weight excluding hydrogens is 472 g/mol. The Morgan fingerprint density at radius 3 is 2.57 bits per heavy atom. The second kappa shape index (κ2) is 9.96. The largest absolute Gasteiger partial charge is 0.505 e. The minimum absolute atomic E-state index is 0.0208. The van der Waals surface area contributed by atoms with Crippen molar-refractivity contribution in [2.24, 2.45) is 0 Å². The van der Waals surface area contributed by atoms with Crippen molar-refractivity contribution in [2.75, 3.05) is 26.7 Å². The van der Waals surface area contributed by atoms with E-state index in [-0.39, 0.29) is 28.9 Å². The number of esters is 1. The first-order valence-electron chi connectivity index (χ1n) is 11.1. The van der Waals surface area contributed by atoms with E-state index in [1.54, 1.807) is 19.1 Å². The molecule has 0 saturated carbocycles. The van der Waals surface area contributed by atoms with Crippen molar-refractivity contribution < 1.29 is 27.9 Å². The van der Waals surface area contributed by atoms with Gasteiger partial charge < -0.3 is 15.2 Å². The minimum Gasteiger partial charge on any atom is -0.505 e. The van der Waals surface area contributed by atoms with Crippen LogP contribution in [-0.4, -0.2) is 66.4 Å². The molecule has 0 bridgehead atoms. The third-order valence-electron chi connectivity index (χ3n) is 6.14. The molecule has 0 atom stereocenters. The van der Waals surface area contributed by atoms with Crippen molar-refractivity contribution in [3.8, 4) is 5.75 Å². The molecule has 1 aliphatic rings. The number of rotatable bonds is 6. The van der Waals surface area contributed by atoms with Crippen LogP contribution in [0.2, 0.25) is 0 Å². The van der Waals surface area contributed by atoms with Gasteiger partial charge in [-0.2, -0.15) is 4.31 Å². The number of piperidine rings is 1. The third-order valence-corrected chi connectivity index (χ3v) is 7.94. The summed E-state index contributed by atoms with van der Waals surface area (Å²) in [6.45, 7) is 1.98. The topological polar surface area (TPSA) is 139 Å². The van der Waals surface area contributed by atoms with E-state index in [4.69, 9.17) is 0 Å². The standard InChI is InChI=1S/C24H26N4O6S/c1-15-18(13-20(29)23(26-15)24(31)25-14-22(30)34-2)16-9-11-28(12-10-16)35(32,33)21-8-7-17-5-3-4-6-19(17)27-21/h3-8,13,16,29H,9-12,14H2,1-2H3,(H,25,31). The van der Waals surface area contributed by atoms with Gasteiger partial charge in [0.2, 0.25) is 0 Å². The van der Waals surface area contributed by atoms with Gasteiger partial charge in [0.05, 0.1) is 12.6 Å². The number of aromatic nitrogens is 2. The molecule has 1 amide bonds. The van der Waals surface area contributed by atoms with Crippen LogP contribution in [-0.2, 0) is 19.6 Å². The van der Waals surface area contributed by atoms with Crippen molar-refractivity contribution in [1.82, 2.24) is 19.6 Å². The van der Waals surface area contributed by atoms with E-state index < -0.39 is 21.9 Å². The molecular formula is C24H26N4O6S. The van der Waals surface area contributed by atoms with Crippen LogP contribution in [0.4, 0.5) is 0 Å². The summed E-state index contributed by atoms with van der Waals surface area (Å²) in [5.41, 5.74) is 1.75. The number of nitrogens with zero attached hydrogens (tertiary/aromatic N) is 3. The summed E-state index contributed by atoms with van der Waals surface area (Å²) in [6.07, 6.45) is 1.06. The third kappa shape index (κ3) is 5.10. The number of sulfonamides is 1. The molecule has 0 radical (unpaired) electrons. The highest BCUT2D eigenvalue weighted by Crippen LogP contribution is 2.34. The van der Waals surface area contributed by atoms with Crippen molar-refractivity contribution in [3.05, 3.63) is 59.4 Å². The van der Waals surface area contributed by atoms with Crippen LogP contribution in [0.5, 0.6) is 5.75 Å². The van der Waals surface area contributed by atoms with Crippen LogP contribution < -0.4 is 5.32 Å². The predicted octanol–water partition coefficient (Wildman–Crippen LogP) is 2.11. The van der Waals surface area contributed by atoms with Crippen LogP contribution in [0.15, 0.2) is 47.5 Å². The Balaban J connectivity index is 1.46. The molecule has 1 aliphatic heterocycles. The predicted molar refractivity (Wildman–Crippen MR) is 127 cm³/mol. The van der Waals surface area contributed by atoms with Crippen molar-refractivity contribution in [2.45, 2.75) is 30.7 Å². The monoisotopic (exact) mass is 498 g/mol. The molecule has 1 saturated heterocycles. The zero-order chi connectivity index (χ0) is 25.2. The van der Waals surface area contributed by atoms with E-state index in [1.165, 1.54) is 23.5 Å². The van der Waals surface area contributed by atoms with Crippen LogP contribution in [0, 0.1) is 6.92 Å². The number of hydrogen-bond donors (Lipinski definition) is 2. The summed E-state index contributed by atoms with van der Waals surface area (Å²) in [7, 11) is -2.54. The summed E-state index contributed by atoms with van der Waals surface area (Å²) >= 11 is 0. The molecule has 3 aromatic rings. The van der Waals surface area contributed by atoms with E-state index in [9.17, 15) is 23.1 Å². The van der Waals surface area contributed by atoms with Gasteiger partial charge in [0.25, 0.3) is 15.9 Å². The highest BCUT2D eigenvalue weighted by molar-refractivity contribution is 7.89.